The van der Waals surface area contributed by atoms with E-state index in [1.54, 1.807) is 69.6 Å². The molecule has 4 aromatic rings. The molecule has 1 aromatic heterocycles. The number of rotatable bonds is 6. The first-order valence-electron chi connectivity index (χ1n) is 10.8. The topological polar surface area (TPSA) is 93.4 Å². The Hall–Kier alpha value is -3.56. The standard InChI is InChI=1S/C25H25ClN4O4S/c1-16-8-11-19(12-9-16)35(33,34)30(21-7-5-6-20(26)17(21)2)15-24(31)27-18-10-13-22-23(14-18)29(4)25(32)28(22)3/h5-14H,15H2,1-4H3,(H,27,31). The predicted octanol–water partition coefficient (Wildman–Crippen LogP) is 3.98. The van der Waals surface area contributed by atoms with Crippen molar-refractivity contribution in [3.63, 3.8) is 0 Å². The Morgan fingerprint density at radius 2 is 1.63 bits per heavy atom. The summed E-state index contributed by atoms with van der Waals surface area (Å²) in [5.41, 5.74) is 3.39. The van der Waals surface area contributed by atoms with Crippen LogP contribution in [0, 0.1) is 13.8 Å². The van der Waals surface area contributed by atoms with Crippen molar-refractivity contribution in [2.75, 3.05) is 16.2 Å². The van der Waals surface area contributed by atoms with Crippen LogP contribution >= 0.6 is 11.6 Å². The van der Waals surface area contributed by atoms with Crippen LogP contribution in [0.4, 0.5) is 11.4 Å². The van der Waals surface area contributed by atoms with Crippen LogP contribution in [-0.2, 0) is 28.9 Å². The van der Waals surface area contributed by atoms with E-state index in [9.17, 15) is 18.0 Å². The van der Waals surface area contributed by atoms with Gasteiger partial charge in [-0.2, -0.15) is 0 Å². The summed E-state index contributed by atoms with van der Waals surface area (Å²) in [7, 11) is -0.758. The summed E-state index contributed by atoms with van der Waals surface area (Å²) in [4.78, 5) is 25.4. The van der Waals surface area contributed by atoms with Crippen molar-refractivity contribution in [3.05, 3.63) is 87.3 Å². The molecule has 0 aliphatic heterocycles. The summed E-state index contributed by atoms with van der Waals surface area (Å²) < 4.78 is 31.3. The third-order valence-corrected chi connectivity index (χ3v) is 8.14. The maximum absolute atomic E-state index is 13.6. The molecular formula is C25H25ClN4O4S. The minimum atomic E-state index is -4.08. The van der Waals surface area contributed by atoms with Gasteiger partial charge < -0.3 is 5.32 Å². The minimum absolute atomic E-state index is 0.0657. The van der Waals surface area contributed by atoms with E-state index in [1.165, 1.54) is 21.3 Å². The number of carbonyl (C=O) groups excluding carboxylic acids is 1. The molecule has 0 fully saturated rings. The van der Waals surface area contributed by atoms with E-state index in [-0.39, 0.29) is 10.6 Å². The first kappa shape index (κ1) is 24.6. The van der Waals surface area contributed by atoms with Crippen LogP contribution in [0.25, 0.3) is 11.0 Å². The van der Waals surface area contributed by atoms with Gasteiger partial charge in [-0.25, -0.2) is 13.2 Å². The van der Waals surface area contributed by atoms with Gasteiger partial charge in [-0.1, -0.05) is 35.4 Å². The number of halogens is 1. The third-order valence-electron chi connectivity index (χ3n) is 5.96. The number of hydrogen-bond donors (Lipinski definition) is 1. The number of anilines is 2. The number of benzene rings is 3. The molecule has 0 spiro atoms. The number of sulfonamides is 1. The number of aromatic nitrogens is 2. The van der Waals surface area contributed by atoms with Crippen molar-refractivity contribution in [2.45, 2.75) is 18.7 Å². The van der Waals surface area contributed by atoms with Gasteiger partial charge in [-0.3, -0.25) is 18.2 Å². The number of hydrogen-bond acceptors (Lipinski definition) is 4. The van der Waals surface area contributed by atoms with Crippen LogP contribution in [0.3, 0.4) is 0 Å². The lowest BCUT2D eigenvalue weighted by molar-refractivity contribution is -0.114. The summed E-state index contributed by atoms with van der Waals surface area (Å²) in [6, 6.07) is 16.4. The molecule has 182 valence electrons. The molecule has 8 nitrogen and oxygen atoms in total. The molecule has 0 unspecified atom stereocenters. The van der Waals surface area contributed by atoms with Crippen LogP contribution < -0.4 is 15.3 Å². The lowest BCUT2D eigenvalue weighted by Crippen LogP contribution is -2.38. The summed E-state index contributed by atoms with van der Waals surface area (Å²) >= 11 is 6.27. The lowest BCUT2D eigenvalue weighted by Gasteiger charge is -2.26. The number of nitrogens with one attached hydrogen (secondary N) is 1. The maximum Gasteiger partial charge on any atom is 0.328 e. The van der Waals surface area contributed by atoms with Crippen molar-refractivity contribution in [1.82, 2.24) is 9.13 Å². The van der Waals surface area contributed by atoms with Crippen LogP contribution in [0.15, 0.2) is 70.4 Å². The quantitative estimate of drug-likeness (QED) is 0.423. The average molecular weight is 513 g/mol. The zero-order valence-electron chi connectivity index (χ0n) is 19.7. The molecule has 0 saturated carbocycles. The van der Waals surface area contributed by atoms with Crippen LogP contribution in [-0.4, -0.2) is 30.0 Å². The Kier molecular flexibility index (Phi) is 6.48. The van der Waals surface area contributed by atoms with E-state index >= 15 is 0 Å². The monoisotopic (exact) mass is 512 g/mol. The summed E-state index contributed by atoms with van der Waals surface area (Å²) in [6.07, 6.45) is 0. The zero-order valence-corrected chi connectivity index (χ0v) is 21.3. The minimum Gasteiger partial charge on any atom is -0.324 e. The first-order chi connectivity index (χ1) is 16.5. The highest BCUT2D eigenvalue weighted by Crippen LogP contribution is 2.31. The number of carbonyl (C=O) groups is 1. The van der Waals surface area contributed by atoms with Crippen molar-refractivity contribution >= 4 is 49.9 Å². The molecule has 3 aromatic carbocycles. The number of aryl methyl sites for hydroxylation is 3. The van der Waals surface area contributed by atoms with Gasteiger partial charge in [-0.05, 0) is 61.9 Å². The predicted molar refractivity (Wildman–Crippen MR) is 139 cm³/mol. The molecule has 1 amide bonds. The highest BCUT2D eigenvalue weighted by molar-refractivity contribution is 7.92. The fraction of sp³-hybridized carbons (Fsp3) is 0.200. The molecule has 0 bridgehead atoms. The molecule has 10 heteroatoms. The molecular weight excluding hydrogens is 488 g/mol. The van der Waals surface area contributed by atoms with Crippen LogP contribution in [0.2, 0.25) is 5.02 Å². The summed E-state index contributed by atoms with van der Waals surface area (Å²) in [5, 5.41) is 3.15. The van der Waals surface area contributed by atoms with Gasteiger partial charge >= 0.3 is 5.69 Å². The van der Waals surface area contributed by atoms with E-state index in [1.807, 2.05) is 6.92 Å². The van der Waals surface area contributed by atoms with E-state index in [0.29, 0.717) is 33.0 Å². The van der Waals surface area contributed by atoms with Gasteiger partial charge in [0.15, 0.2) is 0 Å². The first-order valence-corrected chi connectivity index (χ1v) is 12.6. The number of nitrogens with zero attached hydrogens (tertiary/aromatic N) is 3. The summed E-state index contributed by atoms with van der Waals surface area (Å²) in [5.74, 6) is -0.541. The molecule has 1 N–H and O–H groups in total. The van der Waals surface area contributed by atoms with Gasteiger partial charge in [0.05, 0.1) is 21.6 Å². The number of imidazole rings is 1. The molecule has 0 atom stereocenters. The van der Waals surface area contributed by atoms with Gasteiger partial charge in [0.1, 0.15) is 6.54 Å². The van der Waals surface area contributed by atoms with Crippen molar-refractivity contribution in [3.8, 4) is 0 Å². The van der Waals surface area contributed by atoms with Gasteiger partial charge in [0.25, 0.3) is 10.0 Å². The second-order valence-corrected chi connectivity index (χ2v) is 10.6. The Morgan fingerprint density at radius 1 is 0.971 bits per heavy atom. The second-order valence-electron chi connectivity index (χ2n) is 8.36. The Bertz CT molecular complexity index is 1610. The molecule has 0 radical (unpaired) electrons. The number of fused-ring (bicyclic) bond motifs is 1. The number of amides is 1. The van der Waals surface area contributed by atoms with Gasteiger partial charge in [0, 0.05) is 24.8 Å². The Labute approximate surface area is 208 Å². The molecule has 35 heavy (non-hydrogen) atoms. The van der Waals surface area contributed by atoms with Crippen molar-refractivity contribution in [2.24, 2.45) is 14.1 Å². The van der Waals surface area contributed by atoms with E-state index < -0.39 is 22.5 Å². The zero-order chi connectivity index (χ0) is 25.5. The van der Waals surface area contributed by atoms with Gasteiger partial charge in [0.2, 0.25) is 5.91 Å². The van der Waals surface area contributed by atoms with Crippen molar-refractivity contribution in [1.29, 1.82) is 0 Å². The van der Waals surface area contributed by atoms with Gasteiger partial charge in [-0.15, -0.1) is 0 Å². The Balaban J connectivity index is 1.70. The fourth-order valence-electron chi connectivity index (χ4n) is 3.92. The molecule has 0 saturated heterocycles. The normalized spacial score (nSPS) is 11.6. The largest absolute Gasteiger partial charge is 0.328 e. The molecule has 1 heterocycles. The van der Waals surface area contributed by atoms with E-state index in [4.69, 9.17) is 11.6 Å². The SMILES string of the molecule is Cc1ccc(S(=O)(=O)N(CC(=O)Nc2ccc3c(c2)n(C)c(=O)n3C)c2cccc(Cl)c2C)cc1. The van der Waals surface area contributed by atoms with E-state index in [2.05, 4.69) is 5.32 Å². The smallest absolute Gasteiger partial charge is 0.324 e. The highest BCUT2D eigenvalue weighted by atomic mass is 35.5. The molecule has 0 aliphatic rings. The molecule has 0 aliphatic carbocycles. The average Bonchev–Trinajstić information content (AvgIpc) is 3.03. The van der Waals surface area contributed by atoms with Crippen molar-refractivity contribution < 1.29 is 13.2 Å². The Morgan fingerprint density at radius 3 is 2.31 bits per heavy atom. The fourth-order valence-corrected chi connectivity index (χ4v) is 5.57. The lowest BCUT2D eigenvalue weighted by atomic mass is 10.2. The second kappa shape index (κ2) is 9.24. The highest BCUT2D eigenvalue weighted by Gasteiger charge is 2.29. The van der Waals surface area contributed by atoms with Crippen LogP contribution in [0.5, 0.6) is 0 Å². The maximum atomic E-state index is 13.6. The third kappa shape index (κ3) is 4.56. The molecule has 4 rings (SSSR count). The summed E-state index contributed by atoms with van der Waals surface area (Å²) in [6.45, 7) is 3.10. The van der Waals surface area contributed by atoms with Crippen LogP contribution in [0.1, 0.15) is 11.1 Å². The van der Waals surface area contributed by atoms with E-state index in [0.717, 1.165) is 9.87 Å².